The van der Waals surface area contributed by atoms with Gasteiger partial charge < -0.3 is 4.90 Å². The Balaban J connectivity index is 1.61. The van der Waals surface area contributed by atoms with Crippen molar-refractivity contribution < 1.29 is 0 Å². The molecule has 4 rings (SSSR count). The largest absolute Gasteiger partial charge is 0.347 e. The van der Waals surface area contributed by atoms with Crippen LogP contribution < -0.4 is 4.90 Å². The number of hydrogen-bond acceptors (Lipinski definition) is 4. The molecule has 1 saturated heterocycles. The minimum atomic E-state index is 0.540. The summed E-state index contributed by atoms with van der Waals surface area (Å²) in [5, 5.41) is 8.33. The third-order valence-electron chi connectivity index (χ3n) is 3.94. The topological polar surface area (TPSA) is 44.8 Å². The van der Waals surface area contributed by atoms with Crippen molar-refractivity contribution in [2.75, 3.05) is 18.0 Å². The lowest BCUT2D eigenvalue weighted by Crippen LogP contribution is -2.34. The van der Waals surface area contributed by atoms with Crippen LogP contribution in [0, 0.1) is 0 Å². The monoisotopic (exact) mass is 284 g/mol. The smallest absolute Gasteiger partial charge is 0.186 e. The van der Waals surface area contributed by atoms with E-state index in [2.05, 4.69) is 45.4 Å². The molecule has 102 valence electrons. The van der Waals surface area contributed by atoms with Crippen LogP contribution in [0.5, 0.6) is 0 Å². The third-order valence-corrected chi connectivity index (χ3v) is 5.03. The second-order valence-electron chi connectivity index (χ2n) is 5.26. The molecule has 3 heterocycles. The van der Waals surface area contributed by atoms with Gasteiger partial charge in [0, 0.05) is 30.9 Å². The molecular formula is C15H16N4S. The van der Waals surface area contributed by atoms with Crippen LogP contribution >= 0.6 is 11.3 Å². The normalized spacial score (nSPS) is 19.6. The van der Waals surface area contributed by atoms with E-state index >= 15 is 0 Å². The molecule has 0 bridgehead atoms. The van der Waals surface area contributed by atoms with E-state index < -0.39 is 0 Å². The van der Waals surface area contributed by atoms with E-state index in [0.29, 0.717) is 5.92 Å². The van der Waals surface area contributed by atoms with Crippen molar-refractivity contribution in [3.63, 3.8) is 0 Å². The lowest BCUT2D eigenvalue weighted by molar-refractivity contribution is 0.500. The standard InChI is InChI=1S/C15H16N4S/c1-2-6-14-13(5-1)17-15(20-14)19-9-3-4-11(10-19)12-7-8-16-18-12/h1-2,5-8,11H,3-4,9-10H2,(H,16,18). The Labute approximate surface area is 121 Å². The van der Waals surface area contributed by atoms with Crippen LogP contribution in [-0.4, -0.2) is 28.3 Å². The molecular weight excluding hydrogens is 268 g/mol. The summed E-state index contributed by atoms with van der Waals surface area (Å²) in [4.78, 5) is 7.19. The Morgan fingerprint density at radius 2 is 2.20 bits per heavy atom. The number of aromatic nitrogens is 3. The number of piperidine rings is 1. The molecule has 3 aromatic rings. The molecule has 1 fully saturated rings. The fourth-order valence-electron chi connectivity index (χ4n) is 2.89. The number of benzene rings is 1. The second kappa shape index (κ2) is 4.90. The van der Waals surface area contributed by atoms with E-state index in [1.807, 2.05) is 6.20 Å². The lowest BCUT2D eigenvalue weighted by atomic mass is 9.95. The highest BCUT2D eigenvalue weighted by molar-refractivity contribution is 7.22. The van der Waals surface area contributed by atoms with E-state index in [1.165, 1.54) is 23.2 Å². The van der Waals surface area contributed by atoms with Crippen molar-refractivity contribution in [1.82, 2.24) is 15.2 Å². The number of para-hydroxylation sites is 1. The number of H-pyrrole nitrogens is 1. The molecule has 2 aromatic heterocycles. The summed E-state index contributed by atoms with van der Waals surface area (Å²) in [6, 6.07) is 10.5. The number of fused-ring (bicyclic) bond motifs is 1. The average molecular weight is 284 g/mol. The molecule has 1 atom stereocenters. The number of nitrogens with one attached hydrogen (secondary N) is 1. The summed E-state index contributed by atoms with van der Waals surface area (Å²) in [5.41, 5.74) is 2.35. The summed E-state index contributed by atoms with van der Waals surface area (Å²) >= 11 is 1.79. The Bertz CT molecular complexity index is 671. The molecule has 1 unspecified atom stereocenters. The minimum absolute atomic E-state index is 0.540. The van der Waals surface area contributed by atoms with Gasteiger partial charge in [0.25, 0.3) is 0 Å². The summed E-state index contributed by atoms with van der Waals surface area (Å²) in [5.74, 6) is 0.540. The van der Waals surface area contributed by atoms with E-state index in [-0.39, 0.29) is 0 Å². The van der Waals surface area contributed by atoms with E-state index in [1.54, 1.807) is 11.3 Å². The van der Waals surface area contributed by atoms with Crippen molar-refractivity contribution in [1.29, 1.82) is 0 Å². The van der Waals surface area contributed by atoms with Gasteiger partial charge in [-0.15, -0.1) is 0 Å². The van der Waals surface area contributed by atoms with Crippen molar-refractivity contribution in [3.8, 4) is 0 Å². The van der Waals surface area contributed by atoms with Gasteiger partial charge in [-0.05, 0) is 31.0 Å². The van der Waals surface area contributed by atoms with Gasteiger partial charge in [0.1, 0.15) is 0 Å². The van der Waals surface area contributed by atoms with Crippen LogP contribution in [0.4, 0.5) is 5.13 Å². The quantitative estimate of drug-likeness (QED) is 0.784. The fraction of sp³-hybridized carbons (Fsp3) is 0.333. The predicted molar refractivity (Wildman–Crippen MR) is 82.4 cm³/mol. The number of anilines is 1. The minimum Gasteiger partial charge on any atom is -0.347 e. The second-order valence-corrected chi connectivity index (χ2v) is 6.27. The molecule has 1 aromatic carbocycles. The average Bonchev–Trinajstić information content (AvgIpc) is 3.16. The molecule has 1 aliphatic heterocycles. The van der Waals surface area contributed by atoms with Crippen LogP contribution in [0.1, 0.15) is 24.5 Å². The number of rotatable bonds is 2. The number of nitrogens with zero attached hydrogens (tertiary/aromatic N) is 3. The maximum atomic E-state index is 4.77. The number of aromatic amines is 1. The van der Waals surface area contributed by atoms with Gasteiger partial charge in [-0.2, -0.15) is 5.10 Å². The van der Waals surface area contributed by atoms with Gasteiger partial charge in [0.15, 0.2) is 5.13 Å². The first kappa shape index (κ1) is 11.9. The van der Waals surface area contributed by atoms with E-state index in [4.69, 9.17) is 4.98 Å². The van der Waals surface area contributed by atoms with Crippen LogP contribution in [-0.2, 0) is 0 Å². The summed E-state index contributed by atoms with van der Waals surface area (Å²) < 4.78 is 1.27. The van der Waals surface area contributed by atoms with Crippen molar-refractivity contribution in [2.45, 2.75) is 18.8 Å². The molecule has 1 N–H and O–H groups in total. The molecule has 0 amide bonds. The first-order chi connectivity index (χ1) is 9.90. The molecule has 0 aliphatic carbocycles. The number of thiazole rings is 1. The first-order valence-corrected chi connectivity index (χ1v) is 7.81. The van der Waals surface area contributed by atoms with Gasteiger partial charge in [-0.3, -0.25) is 5.10 Å². The summed E-state index contributed by atoms with van der Waals surface area (Å²) in [6.45, 7) is 2.13. The molecule has 0 spiro atoms. The molecule has 0 saturated carbocycles. The Morgan fingerprint density at radius 1 is 1.25 bits per heavy atom. The van der Waals surface area contributed by atoms with Crippen molar-refractivity contribution in [2.24, 2.45) is 0 Å². The lowest BCUT2D eigenvalue weighted by Gasteiger charge is -2.31. The highest BCUT2D eigenvalue weighted by Gasteiger charge is 2.24. The fourth-order valence-corrected chi connectivity index (χ4v) is 3.89. The van der Waals surface area contributed by atoms with Gasteiger partial charge in [0.2, 0.25) is 0 Å². The highest BCUT2D eigenvalue weighted by Crippen LogP contribution is 2.33. The zero-order valence-corrected chi connectivity index (χ0v) is 11.9. The SMILES string of the molecule is c1ccc2sc(N3CCCC(c4ccn[nH]4)C3)nc2c1. The third kappa shape index (κ3) is 2.08. The van der Waals surface area contributed by atoms with E-state index in [0.717, 1.165) is 23.7 Å². The maximum absolute atomic E-state index is 4.77. The van der Waals surface area contributed by atoms with Crippen LogP contribution in [0.15, 0.2) is 36.5 Å². The zero-order chi connectivity index (χ0) is 13.4. The molecule has 0 radical (unpaired) electrons. The van der Waals surface area contributed by atoms with Crippen LogP contribution in [0.3, 0.4) is 0 Å². The molecule has 5 heteroatoms. The molecule has 20 heavy (non-hydrogen) atoms. The number of hydrogen-bond donors (Lipinski definition) is 1. The summed E-state index contributed by atoms with van der Waals surface area (Å²) in [7, 11) is 0. The van der Waals surface area contributed by atoms with E-state index in [9.17, 15) is 0 Å². The van der Waals surface area contributed by atoms with Gasteiger partial charge >= 0.3 is 0 Å². The Hall–Kier alpha value is -1.88. The zero-order valence-electron chi connectivity index (χ0n) is 11.1. The van der Waals surface area contributed by atoms with Crippen LogP contribution in [0.2, 0.25) is 0 Å². The first-order valence-electron chi connectivity index (χ1n) is 7.00. The Morgan fingerprint density at radius 3 is 3.05 bits per heavy atom. The molecule has 4 nitrogen and oxygen atoms in total. The highest BCUT2D eigenvalue weighted by atomic mass is 32.1. The van der Waals surface area contributed by atoms with Crippen LogP contribution in [0.25, 0.3) is 10.2 Å². The summed E-state index contributed by atoms with van der Waals surface area (Å²) in [6.07, 6.45) is 4.27. The van der Waals surface area contributed by atoms with Crippen molar-refractivity contribution >= 4 is 26.7 Å². The van der Waals surface area contributed by atoms with Gasteiger partial charge in [0.05, 0.1) is 10.2 Å². The Kier molecular flexibility index (Phi) is 2.92. The predicted octanol–water partition coefficient (Wildman–Crippen LogP) is 3.40. The van der Waals surface area contributed by atoms with Crippen molar-refractivity contribution in [3.05, 3.63) is 42.2 Å². The van der Waals surface area contributed by atoms with Gasteiger partial charge in [-0.1, -0.05) is 23.5 Å². The maximum Gasteiger partial charge on any atom is 0.186 e. The molecule has 1 aliphatic rings. The van der Waals surface area contributed by atoms with Gasteiger partial charge in [-0.25, -0.2) is 4.98 Å².